The van der Waals surface area contributed by atoms with E-state index in [4.69, 9.17) is 0 Å². The van der Waals surface area contributed by atoms with Crippen LogP contribution in [-0.2, 0) is 6.11 Å². The third-order valence-electron chi connectivity index (χ3n) is 8.72. The van der Waals surface area contributed by atoms with Crippen LogP contribution in [0.5, 0.6) is 5.75 Å². The maximum Gasteiger partial charge on any atom is 0.426 e. The molecular formula is C31H39F5O. The molecule has 2 saturated carbocycles. The van der Waals surface area contributed by atoms with Gasteiger partial charge in [-0.15, -0.1) is 0 Å². The molecule has 4 rings (SSSR count). The third-order valence-corrected chi connectivity index (χ3v) is 8.72. The number of hydrogen-bond acceptors (Lipinski definition) is 1. The van der Waals surface area contributed by atoms with Gasteiger partial charge in [0.15, 0.2) is 17.5 Å². The lowest BCUT2D eigenvalue weighted by molar-refractivity contribution is -0.185. The minimum atomic E-state index is -3.80. The second-order valence-corrected chi connectivity index (χ2v) is 11.2. The van der Waals surface area contributed by atoms with E-state index in [1.807, 2.05) is 0 Å². The Labute approximate surface area is 217 Å². The second-order valence-electron chi connectivity index (χ2n) is 11.2. The summed E-state index contributed by atoms with van der Waals surface area (Å²) in [5.41, 5.74) is 0.620. The van der Waals surface area contributed by atoms with Gasteiger partial charge in [-0.1, -0.05) is 64.0 Å². The van der Waals surface area contributed by atoms with Crippen molar-refractivity contribution < 1.29 is 26.7 Å². The Kier molecular flexibility index (Phi) is 9.52. The maximum atomic E-state index is 14.6. The number of benzene rings is 2. The van der Waals surface area contributed by atoms with Crippen molar-refractivity contribution in [3.05, 3.63) is 65.0 Å². The number of halogens is 5. The van der Waals surface area contributed by atoms with Crippen LogP contribution in [0.1, 0.15) is 107 Å². The molecule has 0 N–H and O–H groups in total. The topological polar surface area (TPSA) is 9.23 Å². The number of rotatable bonds is 10. The van der Waals surface area contributed by atoms with E-state index in [-0.39, 0.29) is 0 Å². The molecule has 2 fully saturated rings. The van der Waals surface area contributed by atoms with E-state index >= 15 is 0 Å². The second kappa shape index (κ2) is 12.6. The Bertz CT molecular complexity index is 966. The van der Waals surface area contributed by atoms with Gasteiger partial charge in [0.2, 0.25) is 0 Å². The molecule has 2 aromatic rings. The van der Waals surface area contributed by atoms with Crippen LogP contribution in [0.4, 0.5) is 22.0 Å². The van der Waals surface area contributed by atoms with Crippen molar-refractivity contribution >= 4 is 0 Å². The lowest BCUT2D eigenvalue weighted by Gasteiger charge is -2.38. The van der Waals surface area contributed by atoms with Crippen LogP contribution in [-0.4, -0.2) is 0 Å². The first-order chi connectivity index (χ1) is 17.8. The average molecular weight is 523 g/mol. The molecule has 2 aliphatic rings. The normalized spacial score (nSPS) is 24.7. The Morgan fingerprint density at radius 1 is 0.757 bits per heavy atom. The number of unbranched alkanes of at least 4 members (excludes halogenated alkanes) is 3. The molecule has 0 aromatic heterocycles. The van der Waals surface area contributed by atoms with Crippen LogP contribution < -0.4 is 4.74 Å². The van der Waals surface area contributed by atoms with E-state index < -0.39 is 34.9 Å². The quantitative estimate of drug-likeness (QED) is 0.171. The largest absolute Gasteiger partial charge is 0.429 e. The number of hydrogen-bond donors (Lipinski definition) is 0. The lowest BCUT2D eigenvalue weighted by atomic mass is 9.68. The molecule has 204 valence electrons. The molecule has 6 heteroatoms. The summed E-state index contributed by atoms with van der Waals surface area (Å²) in [6.45, 7) is 2.26. The average Bonchev–Trinajstić information content (AvgIpc) is 2.90. The Morgan fingerprint density at radius 3 is 1.89 bits per heavy atom. The maximum absolute atomic E-state index is 14.6. The van der Waals surface area contributed by atoms with Crippen LogP contribution in [0.15, 0.2) is 36.4 Å². The number of ether oxygens (including phenoxy) is 1. The summed E-state index contributed by atoms with van der Waals surface area (Å²) in [7, 11) is 0. The third kappa shape index (κ3) is 7.26. The molecule has 0 aliphatic heterocycles. The van der Waals surface area contributed by atoms with Gasteiger partial charge in [0, 0.05) is 12.1 Å². The van der Waals surface area contributed by atoms with Gasteiger partial charge in [0.05, 0.1) is 5.56 Å². The molecule has 0 radical (unpaired) electrons. The van der Waals surface area contributed by atoms with Crippen molar-refractivity contribution in [1.82, 2.24) is 0 Å². The number of alkyl halides is 2. The van der Waals surface area contributed by atoms with E-state index in [9.17, 15) is 22.0 Å². The van der Waals surface area contributed by atoms with Crippen molar-refractivity contribution in [3.63, 3.8) is 0 Å². The van der Waals surface area contributed by atoms with Crippen LogP contribution in [0.3, 0.4) is 0 Å². The molecule has 1 nitrogen and oxygen atoms in total. The summed E-state index contributed by atoms with van der Waals surface area (Å²) in [6, 6.07) is 6.84. The highest BCUT2D eigenvalue weighted by Gasteiger charge is 2.36. The highest BCUT2D eigenvalue weighted by atomic mass is 19.3. The fraction of sp³-hybridized carbons (Fsp3) is 0.613. The van der Waals surface area contributed by atoms with E-state index in [2.05, 4.69) is 11.7 Å². The molecule has 0 heterocycles. The molecule has 0 spiro atoms. The van der Waals surface area contributed by atoms with Gasteiger partial charge in [0.25, 0.3) is 0 Å². The zero-order chi connectivity index (χ0) is 26.4. The SMILES string of the molecule is CCCCCC[C@H]1CC[C@H](C2CCC(c3ccc(C(F)(F)Oc4cc(F)c(F)c(F)c4)cc3)CC2)CC1. The molecule has 2 aliphatic carbocycles. The summed E-state index contributed by atoms with van der Waals surface area (Å²) >= 11 is 0. The summed E-state index contributed by atoms with van der Waals surface area (Å²) in [6.07, 6.45) is 13.0. The lowest BCUT2D eigenvalue weighted by Crippen LogP contribution is -2.25. The smallest absolute Gasteiger partial charge is 0.426 e. The van der Waals surface area contributed by atoms with Gasteiger partial charge in [-0.05, 0) is 79.9 Å². The molecular weight excluding hydrogens is 483 g/mol. The van der Waals surface area contributed by atoms with Gasteiger partial charge >= 0.3 is 6.11 Å². The Hall–Kier alpha value is -2.11. The zero-order valence-corrected chi connectivity index (χ0v) is 21.8. The van der Waals surface area contributed by atoms with Crippen molar-refractivity contribution in [3.8, 4) is 5.75 Å². The van der Waals surface area contributed by atoms with Gasteiger partial charge in [-0.3, -0.25) is 0 Å². The summed E-state index contributed by atoms with van der Waals surface area (Å²) in [5.74, 6) is -2.74. The van der Waals surface area contributed by atoms with Crippen LogP contribution in [0, 0.1) is 35.2 Å². The highest BCUT2D eigenvalue weighted by molar-refractivity contribution is 5.30. The molecule has 37 heavy (non-hydrogen) atoms. The van der Waals surface area contributed by atoms with E-state index in [1.54, 1.807) is 12.1 Å². The van der Waals surface area contributed by atoms with Gasteiger partial charge in [-0.25, -0.2) is 13.2 Å². The fourth-order valence-electron chi connectivity index (χ4n) is 6.48. The first-order valence-corrected chi connectivity index (χ1v) is 14.1. The zero-order valence-electron chi connectivity index (χ0n) is 21.8. The monoisotopic (exact) mass is 522 g/mol. The van der Waals surface area contributed by atoms with E-state index in [0.29, 0.717) is 18.1 Å². The van der Waals surface area contributed by atoms with E-state index in [1.165, 1.54) is 82.8 Å². The van der Waals surface area contributed by atoms with E-state index in [0.717, 1.165) is 36.2 Å². The van der Waals surface area contributed by atoms with Crippen molar-refractivity contribution in [2.24, 2.45) is 17.8 Å². The van der Waals surface area contributed by atoms with Gasteiger partial charge in [-0.2, -0.15) is 8.78 Å². The summed E-state index contributed by atoms with van der Waals surface area (Å²) < 4.78 is 73.6. The first kappa shape index (κ1) is 27.9. The minimum absolute atomic E-state index is 0.357. The first-order valence-electron chi connectivity index (χ1n) is 14.1. The van der Waals surface area contributed by atoms with Crippen molar-refractivity contribution in [1.29, 1.82) is 0 Å². The molecule has 0 unspecified atom stereocenters. The molecule has 0 saturated heterocycles. The Morgan fingerprint density at radius 2 is 1.32 bits per heavy atom. The van der Waals surface area contributed by atoms with Gasteiger partial charge < -0.3 is 4.74 Å². The molecule has 0 atom stereocenters. The molecule has 0 amide bonds. The predicted octanol–water partition coefficient (Wildman–Crippen LogP) is 10.3. The van der Waals surface area contributed by atoms with Crippen LogP contribution in [0.25, 0.3) is 0 Å². The standard InChI is InChI=1S/C31H39F5O/c1-2-3-4-5-6-21-7-9-22(10-8-21)23-11-13-24(14-12-23)25-15-17-26(18-16-25)31(35,36)37-27-19-28(32)30(34)29(33)20-27/h15-24H,2-14H2,1H3/t21-,22-,23?,24?. The van der Waals surface area contributed by atoms with Crippen molar-refractivity contribution in [2.75, 3.05) is 0 Å². The Balaban J connectivity index is 1.25. The fourth-order valence-corrected chi connectivity index (χ4v) is 6.48. The summed E-state index contributed by atoms with van der Waals surface area (Å²) in [4.78, 5) is 0. The van der Waals surface area contributed by atoms with Crippen LogP contribution in [0.2, 0.25) is 0 Å². The van der Waals surface area contributed by atoms with Crippen LogP contribution >= 0.6 is 0 Å². The molecule has 0 bridgehead atoms. The summed E-state index contributed by atoms with van der Waals surface area (Å²) in [5, 5.41) is 0. The highest BCUT2D eigenvalue weighted by Crippen LogP contribution is 2.45. The molecule has 2 aromatic carbocycles. The van der Waals surface area contributed by atoms with Crippen molar-refractivity contribution in [2.45, 2.75) is 102 Å². The predicted molar refractivity (Wildman–Crippen MR) is 136 cm³/mol. The van der Waals surface area contributed by atoms with Gasteiger partial charge in [0.1, 0.15) is 5.75 Å². The minimum Gasteiger partial charge on any atom is -0.429 e.